The lowest BCUT2D eigenvalue weighted by Crippen LogP contribution is -2.38. The predicted octanol–water partition coefficient (Wildman–Crippen LogP) is 4.93. The molecular formula is C24H29IN4O2. The van der Waals surface area contributed by atoms with Gasteiger partial charge in [-0.2, -0.15) is 0 Å². The number of guanidine groups is 1. The van der Waals surface area contributed by atoms with Crippen LogP contribution in [0.3, 0.4) is 0 Å². The predicted molar refractivity (Wildman–Crippen MR) is 136 cm³/mol. The van der Waals surface area contributed by atoms with Gasteiger partial charge in [-0.3, -0.25) is 9.79 Å². The molecule has 1 amide bonds. The third-order valence-corrected chi connectivity index (χ3v) is 4.86. The first-order valence-corrected chi connectivity index (χ1v) is 10.00. The highest BCUT2D eigenvalue weighted by Gasteiger charge is 2.09. The van der Waals surface area contributed by atoms with Crippen LogP contribution in [0.1, 0.15) is 40.1 Å². The number of aliphatic imine (C=N–C) groups is 1. The Morgan fingerprint density at radius 3 is 2.35 bits per heavy atom. The number of benzene rings is 2. The average molecular weight is 532 g/mol. The Hall–Kier alpha value is -2.81. The number of halogens is 1. The summed E-state index contributed by atoms with van der Waals surface area (Å²) in [6, 6.07) is 19.6. The molecule has 3 aromatic rings. The normalized spacial score (nSPS) is 11.9. The number of rotatable bonds is 7. The topological polar surface area (TPSA) is 78.7 Å². The Labute approximate surface area is 200 Å². The van der Waals surface area contributed by atoms with E-state index >= 15 is 0 Å². The van der Waals surface area contributed by atoms with Gasteiger partial charge < -0.3 is 20.4 Å². The SMILES string of the molecule is CN=C(NCc1ccc(NC(=O)c2ccco2)cc1)NCC(C)c1ccc(C)cc1.I. The van der Waals surface area contributed by atoms with Crippen LogP contribution in [0.15, 0.2) is 76.3 Å². The largest absolute Gasteiger partial charge is 0.459 e. The average Bonchev–Trinajstić information content (AvgIpc) is 3.30. The highest BCUT2D eigenvalue weighted by atomic mass is 127. The maximum Gasteiger partial charge on any atom is 0.291 e. The molecule has 1 heterocycles. The van der Waals surface area contributed by atoms with E-state index in [0.29, 0.717) is 12.5 Å². The van der Waals surface area contributed by atoms with Crippen molar-refractivity contribution >= 4 is 41.5 Å². The van der Waals surface area contributed by atoms with Crippen LogP contribution in [0.4, 0.5) is 5.69 Å². The van der Waals surface area contributed by atoms with Gasteiger partial charge in [0.25, 0.3) is 5.91 Å². The Morgan fingerprint density at radius 1 is 1.03 bits per heavy atom. The Balaban J connectivity index is 0.00000341. The molecule has 6 nitrogen and oxygen atoms in total. The summed E-state index contributed by atoms with van der Waals surface area (Å²) in [5, 5.41) is 9.51. The van der Waals surface area contributed by atoms with Crippen molar-refractivity contribution in [2.45, 2.75) is 26.3 Å². The van der Waals surface area contributed by atoms with Gasteiger partial charge in [-0.1, -0.05) is 48.9 Å². The third kappa shape index (κ3) is 7.43. The van der Waals surface area contributed by atoms with Gasteiger partial charge in [-0.25, -0.2) is 0 Å². The summed E-state index contributed by atoms with van der Waals surface area (Å²) in [4.78, 5) is 16.3. The first kappa shape index (κ1) is 24.5. The lowest BCUT2D eigenvalue weighted by molar-refractivity contribution is 0.0996. The van der Waals surface area contributed by atoms with Gasteiger partial charge >= 0.3 is 0 Å². The molecule has 0 bridgehead atoms. The number of carbonyl (C=O) groups excluding carboxylic acids is 1. The molecule has 0 radical (unpaired) electrons. The zero-order chi connectivity index (χ0) is 21.3. The molecule has 0 aliphatic heterocycles. The first-order chi connectivity index (χ1) is 14.5. The van der Waals surface area contributed by atoms with Crippen LogP contribution in [0.25, 0.3) is 0 Å². The van der Waals surface area contributed by atoms with Crippen LogP contribution in [-0.4, -0.2) is 25.5 Å². The van der Waals surface area contributed by atoms with E-state index in [0.717, 1.165) is 23.8 Å². The maximum atomic E-state index is 12.0. The molecule has 1 unspecified atom stereocenters. The zero-order valence-corrected chi connectivity index (χ0v) is 20.3. The maximum absolute atomic E-state index is 12.0. The number of anilines is 1. The fourth-order valence-electron chi connectivity index (χ4n) is 2.98. The number of nitrogens with zero attached hydrogens (tertiary/aromatic N) is 1. The summed E-state index contributed by atoms with van der Waals surface area (Å²) >= 11 is 0. The molecule has 0 aliphatic carbocycles. The molecular weight excluding hydrogens is 503 g/mol. The van der Waals surface area contributed by atoms with Gasteiger partial charge in [0.2, 0.25) is 0 Å². The number of nitrogens with one attached hydrogen (secondary N) is 3. The third-order valence-electron chi connectivity index (χ3n) is 4.86. The van der Waals surface area contributed by atoms with E-state index in [2.05, 4.69) is 59.1 Å². The van der Waals surface area contributed by atoms with E-state index in [9.17, 15) is 4.79 Å². The van der Waals surface area contributed by atoms with Crippen molar-refractivity contribution in [3.63, 3.8) is 0 Å². The number of aryl methyl sites for hydroxylation is 1. The fraction of sp³-hybridized carbons (Fsp3) is 0.250. The van der Waals surface area contributed by atoms with E-state index in [-0.39, 0.29) is 35.6 Å². The molecule has 0 saturated carbocycles. The first-order valence-electron chi connectivity index (χ1n) is 10.00. The minimum Gasteiger partial charge on any atom is -0.459 e. The summed E-state index contributed by atoms with van der Waals surface area (Å²) in [5.41, 5.74) is 4.37. The molecule has 7 heteroatoms. The van der Waals surface area contributed by atoms with Crippen molar-refractivity contribution < 1.29 is 9.21 Å². The zero-order valence-electron chi connectivity index (χ0n) is 18.0. The van der Waals surface area contributed by atoms with Crippen molar-refractivity contribution in [1.29, 1.82) is 0 Å². The molecule has 2 aromatic carbocycles. The molecule has 3 N–H and O–H groups in total. The van der Waals surface area contributed by atoms with Crippen molar-refractivity contribution in [2.75, 3.05) is 18.9 Å². The van der Waals surface area contributed by atoms with Gasteiger partial charge in [-0.05, 0) is 48.2 Å². The quantitative estimate of drug-likeness (QED) is 0.229. The minimum atomic E-state index is -0.266. The van der Waals surface area contributed by atoms with Gasteiger partial charge in [-0.15, -0.1) is 24.0 Å². The lowest BCUT2D eigenvalue weighted by atomic mass is 10.0. The summed E-state index contributed by atoms with van der Waals surface area (Å²) in [7, 11) is 1.76. The standard InChI is InChI=1S/C24H28N4O2.HI/c1-17-6-10-20(11-7-17)18(2)15-26-24(25-3)27-16-19-8-12-21(13-9-19)28-23(29)22-5-4-14-30-22;/h4-14,18H,15-16H2,1-3H3,(H,28,29)(H2,25,26,27);1H. The number of amides is 1. The number of hydrogen-bond acceptors (Lipinski definition) is 3. The molecule has 1 atom stereocenters. The number of carbonyl (C=O) groups is 1. The van der Waals surface area contributed by atoms with Crippen LogP contribution >= 0.6 is 24.0 Å². The van der Waals surface area contributed by atoms with Gasteiger partial charge in [0, 0.05) is 25.8 Å². The second-order valence-corrected chi connectivity index (χ2v) is 7.25. The molecule has 3 rings (SSSR count). The van der Waals surface area contributed by atoms with Gasteiger partial charge in [0.15, 0.2) is 11.7 Å². The van der Waals surface area contributed by atoms with Crippen LogP contribution in [0.5, 0.6) is 0 Å². The Kier molecular flexibility index (Phi) is 9.58. The van der Waals surface area contributed by atoms with Crippen LogP contribution in [0.2, 0.25) is 0 Å². The van der Waals surface area contributed by atoms with E-state index in [1.807, 2.05) is 24.3 Å². The molecule has 164 valence electrons. The van der Waals surface area contributed by atoms with Crippen molar-refractivity contribution in [3.8, 4) is 0 Å². The van der Waals surface area contributed by atoms with Crippen LogP contribution in [0, 0.1) is 6.92 Å². The number of furan rings is 1. The summed E-state index contributed by atoms with van der Waals surface area (Å²) in [6.07, 6.45) is 1.48. The van der Waals surface area contributed by atoms with E-state index < -0.39 is 0 Å². The minimum absolute atomic E-state index is 0. The molecule has 31 heavy (non-hydrogen) atoms. The highest BCUT2D eigenvalue weighted by molar-refractivity contribution is 14.0. The lowest BCUT2D eigenvalue weighted by Gasteiger charge is -2.17. The highest BCUT2D eigenvalue weighted by Crippen LogP contribution is 2.15. The fourth-order valence-corrected chi connectivity index (χ4v) is 2.98. The smallest absolute Gasteiger partial charge is 0.291 e. The van der Waals surface area contributed by atoms with Gasteiger partial charge in [0.1, 0.15) is 0 Å². The second kappa shape index (κ2) is 12.1. The van der Waals surface area contributed by atoms with E-state index in [4.69, 9.17) is 4.42 Å². The summed E-state index contributed by atoms with van der Waals surface area (Å²) in [6.45, 7) is 5.71. The van der Waals surface area contributed by atoms with Crippen LogP contribution < -0.4 is 16.0 Å². The van der Waals surface area contributed by atoms with Crippen molar-refractivity contribution in [2.24, 2.45) is 4.99 Å². The van der Waals surface area contributed by atoms with Crippen LogP contribution in [-0.2, 0) is 6.54 Å². The second-order valence-electron chi connectivity index (χ2n) is 7.25. The Morgan fingerprint density at radius 2 is 1.74 bits per heavy atom. The molecule has 0 saturated heterocycles. The monoisotopic (exact) mass is 532 g/mol. The van der Waals surface area contributed by atoms with Crippen molar-refractivity contribution in [3.05, 3.63) is 89.4 Å². The molecule has 0 fully saturated rings. The molecule has 1 aromatic heterocycles. The summed E-state index contributed by atoms with van der Waals surface area (Å²) < 4.78 is 5.10. The van der Waals surface area contributed by atoms with Crippen molar-refractivity contribution in [1.82, 2.24) is 10.6 Å². The van der Waals surface area contributed by atoms with Gasteiger partial charge in [0.05, 0.1) is 6.26 Å². The number of hydrogen-bond donors (Lipinski definition) is 3. The summed E-state index contributed by atoms with van der Waals surface area (Å²) in [5.74, 6) is 1.15. The molecule has 0 spiro atoms. The van der Waals surface area contributed by atoms with E-state index in [1.54, 1.807) is 19.2 Å². The van der Waals surface area contributed by atoms with E-state index in [1.165, 1.54) is 17.4 Å². The Bertz CT molecular complexity index is 968. The molecule has 0 aliphatic rings.